The number of nitrogens with zero attached hydrogens (tertiary/aromatic N) is 1. The maximum atomic E-state index is 4.28. The first-order valence-electron chi connectivity index (χ1n) is 3.59. The monoisotopic (exact) mass is 160 g/mol. The highest BCUT2D eigenvalue weighted by Gasteiger charge is 2.06. The highest BCUT2D eigenvalue weighted by Crippen LogP contribution is 2.01. The van der Waals surface area contributed by atoms with Crippen LogP contribution in [0, 0.1) is 0 Å². The summed E-state index contributed by atoms with van der Waals surface area (Å²) >= 11 is 4.28. The quantitative estimate of drug-likeness (QED) is 0.470. The molecule has 0 radical (unpaired) electrons. The van der Waals surface area contributed by atoms with Gasteiger partial charge in [0.05, 0.1) is 0 Å². The molecule has 0 amide bonds. The highest BCUT2D eigenvalue weighted by atomic mass is 32.1. The van der Waals surface area contributed by atoms with E-state index in [-0.39, 0.29) is 5.37 Å². The standard InChI is InChI=1S/C7H16N2S/c1-4-5-9-7(10)6(2)8-3/h5-8,10H,4H2,1-3H3/t6-,7+/m0/s1. The Morgan fingerprint density at radius 1 is 1.70 bits per heavy atom. The summed E-state index contributed by atoms with van der Waals surface area (Å²) in [5.74, 6) is 0. The minimum Gasteiger partial charge on any atom is -0.314 e. The van der Waals surface area contributed by atoms with Crippen molar-refractivity contribution in [1.82, 2.24) is 5.32 Å². The summed E-state index contributed by atoms with van der Waals surface area (Å²) in [6.07, 6.45) is 2.87. The average molecular weight is 160 g/mol. The first-order chi connectivity index (χ1) is 4.72. The molecule has 0 aliphatic rings. The van der Waals surface area contributed by atoms with E-state index in [0.29, 0.717) is 6.04 Å². The van der Waals surface area contributed by atoms with Crippen LogP contribution < -0.4 is 5.32 Å². The van der Waals surface area contributed by atoms with E-state index < -0.39 is 0 Å². The highest BCUT2D eigenvalue weighted by molar-refractivity contribution is 7.81. The van der Waals surface area contributed by atoms with Gasteiger partial charge in [-0.05, 0) is 26.6 Å². The fraction of sp³-hybridized carbons (Fsp3) is 0.857. The van der Waals surface area contributed by atoms with Gasteiger partial charge in [-0.3, -0.25) is 4.99 Å². The van der Waals surface area contributed by atoms with Crippen LogP contribution >= 0.6 is 12.6 Å². The van der Waals surface area contributed by atoms with E-state index >= 15 is 0 Å². The van der Waals surface area contributed by atoms with Gasteiger partial charge in [-0.1, -0.05) is 6.92 Å². The van der Waals surface area contributed by atoms with Crippen LogP contribution in [0.15, 0.2) is 4.99 Å². The van der Waals surface area contributed by atoms with Crippen LogP contribution in [0.4, 0.5) is 0 Å². The molecule has 0 aromatic rings. The van der Waals surface area contributed by atoms with Crippen molar-refractivity contribution in [3.63, 3.8) is 0 Å². The molecule has 2 nitrogen and oxygen atoms in total. The Kier molecular flexibility index (Phi) is 5.73. The van der Waals surface area contributed by atoms with Crippen molar-refractivity contribution in [2.45, 2.75) is 31.7 Å². The Morgan fingerprint density at radius 3 is 2.70 bits per heavy atom. The topological polar surface area (TPSA) is 24.4 Å². The summed E-state index contributed by atoms with van der Waals surface area (Å²) in [5.41, 5.74) is 0. The van der Waals surface area contributed by atoms with Gasteiger partial charge in [-0.2, -0.15) is 12.6 Å². The van der Waals surface area contributed by atoms with E-state index in [2.05, 4.69) is 36.8 Å². The predicted molar refractivity (Wildman–Crippen MR) is 50.1 cm³/mol. The first kappa shape index (κ1) is 9.98. The lowest BCUT2D eigenvalue weighted by Gasteiger charge is -2.13. The van der Waals surface area contributed by atoms with Gasteiger partial charge in [0.15, 0.2) is 0 Å². The second-order valence-electron chi connectivity index (χ2n) is 2.23. The predicted octanol–water partition coefficient (Wildman–Crippen LogP) is 1.33. The van der Waals surface area contributed by atoms with Crippen LogP contribution in [0.3, 0.4) is 0 Å². The third kappa shape index (κ3) is 3.90. The van der Waals surface area contributed by atoms with Crippen LogP contribution in [-0.2, 0) is 0 Å². The largest absolute Gasteiger partial charge is 0.314 e. The SMILES string of the molecule is CCC=N[C@H](S)[C@H](C)NC. The lowest BCUT2D eigenvalue weighted by atomic mass is 10.3. The first-order valence-corrected chi connectivity index (χ1v) is 4.11. The summed E-state index contributed by atoms with van der Waals surface area (Å²) in [5, 5.41) is 3.17. The summed E-state index contributed by atoms with van der Waals surface area (Å²) in [6, 6.07) is 0.339. The van der Waals surface area contributed by atoms with Crippen molar-refractivity contribution in [2.24, 2.45) is 4.99 Å². The van der Waals surface area contributed by atoms with E-state index in [0.717, 1.165) is 6.42 Å². The molecule has 0 aromatic carbocycles. The minimum atomic E-state index is 0.0879. The van der Waals surface area contributed by atoms with Crippen LogP contribution in [0.1, 0.15) is 20.3 Å². The van der Waals surface area contributed by atoms with Gasteiger partial charge in [-0.15, -0.1) is 0 Å². The molecular weight excluding hydrogens is 144 g/mol. The Hall–Kier alpha value is -0.0200. The second-order valence-corrected chi connectivity index (χ2v) is 2.76. The molecule has 60 valence electrons. The lowest BCUT2D eigenvalue weighted by Crippen LogP contribution is -2.29. The van der Waals surface area contributed by atoms with E-state index in [1.807, 2.05) is 13.3 Å². The molecule has 0 heterocycles. The number of hydrogen-bond acceptors (Lipinski definition) is 3. The maximum absolute atomic E-state index is 4.28. The zero-order valence-corrected chi connectivity index (χ0v) is 7.73. The van der Waals surface area contributed by atoms with E-state index in [9.17, 15) is 0 Å². The number of nitrogens with one attached hydrogen (secondary N) is 1. The van der Waals surface area contributed by atoms with Gasteiger partial charge in [0.1, 0.15) is 5.37 Å². The van der Waals surface area contributed by atoms with Gasteiger partial charge >= 0.3 is 0 Å². The van der Waals surface area contributed by atoms with Crippen LogP contribution in [0.25, 0.3) is 0 Å². The molecule has 0 aliphatic heterocycles. The molecule has 0 saturated heterocycles. The van der Waals surface area contributed by atoms with Crippen LogP contribution in [0.2, 0.25) is 0 Å². The number of likely N-dealkylation sites (N-methyl/N-ethyl adjacent to an activating group) is 1. The van der Waals surface area contributed by atoms with Crippen LogP contribution in [0.5, 0.6) is 0 Å². The fourth-order valence-electron chi connectivity index (χ4n) is 0.492. The molecule has 0 bridgehead atoms. The smallest absolute Gasteiger partial charge is 0.107 e. The Morgan fingerprint density at radius 2 is 2.30 bits per heavy atom. The molecule has 3 heteroatoms. The van der Waals surface area contributed by atoms with Crippen molar-refractivity contribution in [3.05, 3.63) is 0 Å². The molecule has 0 rings (SSSR count). The lowest BCUT2D eigenvalue weighted by molar-refractivity contribution is 0.597. The van der Waals surface area contributed by atoms with Crippen LogP contribution in [-0.4, -0.2) is 24.7 Å². The molecule has 0 saturated carbocycles. The van der Waals surface area contributed by atoms with Crippen molar-refractivity contribution in [3.8, 4) is 0 Å². The fourth-order valence-corrected chi connectivity index (χ4v) is 0.735. The van der Waals surface area contributed by atoms with Gasteiger partial charge in [0.2, 0.25) is 0 Å². The van der Waals surface area contributed by atoms with E-state index in [1.165, 1.54) is 0 Å². The number of aliphatic imine (C=N–C) groups is 1. The summed E-state index contributed by atoms with van der Waals surface area (Å²) in [7, 11) is 1.91. The summed E-state index contributed by atoms with van der Waals surface area (Å²) < 4.78 is 0. The van der Waals surface area contributed by atoms with Gasteiger partial charge in [-0.25, -0.2) is 0 Å². The van der Waals surface area contributed by atoms with Crippen molar-refractivity contribution >= 4 is 18.8 Å². The number of thiol groups is 1. The van der Waals surface area contributed by atoms with E-state index in [4.69, 9.17) is 0 Å². The third-order valence-electron chi connectivity index (χ3n) is 1.34. The second kappa shape index (κ2) is 5.74. The molecule has 0 unspecified atom stereocenters. The van der Waals surface area contributed by atoms with Gasteiger partial charge in [0, 0.05) is 6.04 Å². The molecule has 1 N–H and O–H groups in total. The third-order valence-corrected chi connectivity index (χ3v) is 1.92. The van der Waals surface area contributed by atoms with Crippen molar-refractivity contribution in [2.75, 3.05) is 7.05 Å². The van der Waals surface area contributed by atoms with Crippen molar-refractivity contribution < 1.29 is 0 Å². The maximum Gasteiger partial charge on any atom is 0.107 e. The molecular formula is C7H16N2S. The minimum absolute atomic E-state index is 0.0879. The molecule has 0 aromatic heterocycles. The molecule has 0 spiro atoms. The number of rotatable bonds is 4. The summed E-state index contributed by atoms with van der Waals surface area (Å²) in [6.45, 7) is 4.12. The molecule has 2 atom stereocenters. The van der Waals surface area contributed by atoms with Gasteiger partial charge < -0.3 is 5.32 Å². The Balaban J connectivity index is 3.60. The molecule has 0 aliphatic carbocycles. The van der Waals surface area contributed by atoms with Gasteiger partial charge in [0.25, 0.3) is 0 Å². The zero-order valence-electron chi connectivity index (χ0n) is 6.83. The summed E-state index contributed by atoms with van der Waals surface area (Å²) in [4.78, 5) is 4.19. The van der Waals surface area contributed by atoms with E-state index in [1.54, 1.807) is 0 Å². The Bertz CT molecular complexity index is 104. The van der Waals surface area contributed by atoms with Crippen molar-refractivity contribution in [1.29, 1.82) is 0 Å². The Labute approximate surface area is 68.5 Å². The zero-order chi connectivity index (χ0) is 7.98. The molecule has 10 heavy (non-hydrogen) atoms. The normalized spacial score (nSPS) is 17.6. The number of hydrogen-bond donors (Lipinski definition) is 2. The average Bonchev–Trinajstić information content (AvgIpc) is 1.98. The molecule has 0 fully saturated rings.